The summed E-state index contributed by atoms with van der Waals surface area (Å²) in [5.41, 5.74) is 5.26. The van der Waals surface area contributed by atoms with E-state index in [-0.39, 0.29) is 12.4 Å². The second-order valence-electron chi connectivity index (χ2n) is 8.28. The number of nitrogens with zero attached hydrogens (tertiary/aromatic N) is 6. The van der Waals surface area contributed by atoms with E-state index in [9.17, 15) is 0 Å². The molecule has 3 aromatic carbocycles. The molecule has 0 atom stereocenters. The van der Waals surface area contributed by atoms with Gasteiger partial charge in [0.05, 0.1) is 18.0 Å². The third-order valence-electron chi connectivity index (χ3n) is 5.37. The summed E-state index contributed by atoms with van der Waals surface area (Å²) in [6.07, 6.45) is 7.46. The number of rotatable bonds is 7. The summed E-state index contributed by atoms with van der Waals surface area (Å²) in [4.78, 5) is 4.14. The standard InChI is InChI=1S/C27H28ClN6.ClH/c1-31(2)25-13-5-21(6-14-25)19-29-33-17-18-34(27(33)23-9-11-24(28)12-10-23)30-20-22-7-15-26(16-8-22)32(3)4;/h5-20H,1-4H3;1H/q+1;/p-1. The zero-order valence-electron chi connectivity index (χ0n) is 20.2. The van der Waals surface area contributed by atoms with E-state index in [2.05, 4.69) is 34.1 Å². The molecule has 4 rings (SSSR count). The number of hydrogen-bond donors (Lipinski definition) is 0. The van der Waals surface area contributed by atoms with Crippen LogP contribution in [0.1, 0.15) is 11.1 Å². The van der Waals surface area contributed by atoms with Crippen LogP contribution in [-0.4, -0.2) is 45.3 Å². The van der Waals surface area contributed by atoms with Crippen LogP contribution >= 0.6 is 11.6 Å². The maximum atomic E-state index is 6.13. The second-order valence-corrected chi connectivity index (χ2v) is 8.72. The molecule has 0 aliphatic carbocycles. The van der Waals surface area contributed by atoms with E-state index < -0.39 is 0 Å². The molecule has 6 nitrogen and oxygen atoms in total. The van der Waals surface area contributed by atoms with Gasteiger partial charge in [-0.25, -0.2) is 0 Å². The first-order valence-electron chi connectivity index (χ1n) is 10.9. The van der Waals surface area contributed by atoms with Gasteiger partial charge in [0, 0.05) is 44.6 Å². The molecule has 0 aliphatic rings. The Kier molecular flexibility index (Phi) is 8.68. The van der Waals surface area contributed by atoms with Crippen molar-refractivity contribution in [1.29, 1.82) is 0 Å². The van der Waals surface area contributed by atoms with Crippen LogP contribution in [0.25, 0.3) is 11.4 Å². The average Bonchev–Trinajstić information content (AvgIpc) is 3.25. The molecule has 0 saturated carbocycles. The van der Waals surface area contributed by atoms with Crippen molar-refractivity contribution in [3.8, 4) is 11.4 Å². The molecule has 0 amide bonds. The van der Waals surface area contributed by atoms with Crippen molar-refractivity contribution in [3.63, 3.8) is 0 Å². The fourth-order valence-electron chi connectivity index (χ4n) is 3.40. The van der Waals surface area contributed by atoms with Crippen molar-refractivity contribution in [2.45, 2.75) is 0 Å². The molecule has 4 aromatic rings. The van der Waals surface area contributed by atoms with E-state index in [1.54, 1.807) is 0 Å². The maximum absolute atomic E-state index is 6.13. The quantitative estimate of drug-likeness (QED) is 0.284. The van der Waals surface area contributed by atoms with E-state index in [1.165, 1.54) is 0 Å². The summed E-state index contributed by atoms with van der Waals surface area (Å²) in [6.45, 7) is 0. The highest BCUT2D eigenvalue weighted by Crippen LogP contribution is 2.20. The molecule has 0 bridgehead atoms. The fraction of sp³-hybridized carbons (Fsp3) is 0.148. The normalized spacial score (nSPS) is 11.1. The molecule has 180 valence electrons. The van der Waals surface area contributed by atoms with Gasteiger partial charge in [0.15, 0.2) is 12.4 Å². The number of imidazole rings is 1. The van der Waals surface area contributed by atoms with Crippen LogP contribution in [0.2, 0.25) is 5.02 Å². The molecular formula is C27H28Cl2N6. The summed E-state index contributed by atoms with van der Waals surface area (Å²) in [7, 11) is 8.10. The minimum absolute atomic E-state index is 0. The van der Waals surface area contributed by atoms with Crippen molar-refractivity contribution in [1.82, 2.24) is 4.68 Å². The van der Waals surface area contributed by atoms with Gasteiger partial charge in [-0.15, -0.1) is 0 Å². The predicted octanol–water partition coefficient (Wildman–Crippen LogP) is 2.00. The predicted molar refractivity (Wildman–Crippen MR) is 143 cm³/mol. The summed E-state index contributed by atoms with van der Waals surface area (Å²) < 4.78 is 3.63. The van der Waals surface area contributed by atoms with Gasteiger partial charge in [-0.1, -0.05) is 55.4 Å². The SMILES string of the molecule is CN(C)c1ccc(C=Nn2cc[n+](N=Cc3ccc(N(C)C)cc3)c2-c2ccc(Cl)cc2)cc1.[Cl-]. The lowest BCUT2D eigenvalue weighted by Crippen LogP contribution is -3.00. The molecule has 0 radical (unpaired) electrons. The van der Waals surface area contributed by atoms with Crippen LogP contribution in [0.3, 0.4) is 0 Å². The summed E-state index contributed by atoms with van der Waals surface area (Å²) in [6, 6.07) is 24.2. The van der Waals surface area contributed by atoms with Crippen LogP contribution in [0.4, 0.5) is 11.4 Å². The van der Waals surface area contributed by atoms with Crippen LogP contribution in [0.5, 0.6) is 0 Å². The number of benzene rings is 3. The van der Waals surface area contributed by atoms with Crippen molar-refractivity contribution in [2.24, 2.45) is 10.2 Å². The lowest BCUT2D eigenvalue weighted by Gasteiger charge is -2.11. The molecule has 0 N–H and O–H groups in total. The zero-order chi connectivity index (χ0) is 24.1. The smallest absolute Gasteiger partial charge is 0.339 e. The Bertz CT molecular complexity index is 1210. The third kappa shape index (κ3) is 6.50. The van der Waals surface area contributed by atoms with Gasteiger partial charge >= 0.3 is 5.82 Å². The van der Waals surface area contributed by atoms with E-state index in [4.69, 9.17) is 21.8 Å². The van der Waals surface area contributed by atoms with Crippen LogP contribution in [0.15, 0.2) is 95.4 Å². The van der Waals surface area contributed by atoms with Gasteiger partial charge in [0.25, 0.3) is 0 Å². The van der Waals surface area contributed by atoms with Gasteiger partial charge in [0.1, 0.15) is 0 Å². The van der Waals surface area contributed by atoms with Gasteiger partial charge in [-0.2, -0.15) is 0 Å². The molecule has 1 aromatic heterocycles. The molecule has 8 heteroatoms. The minimum Gasteiger partial charge on any atom is -1.00 e. The van der Waals surface area contributed by atoms with E-state index >= 15 is 0 Å². The molecule has 35 heavy (non-hydrogen) atoms. The van der Waals surface area contributed by atoms with Crippen molar-refractivity contribution >= 4 is 35.4 Å². The van der Waals surface area contributed by atoms with E-state index in [0.717, 1.165) is 33.9 Å². The number of anilines is 2. The van der Waals surface area contributed by atoms with Gasteiger partial charge in [0.2, 0.25) is 0 Å². The molecule has 0 saturated heterocycles. The maximum Gasteiger partial charge on any atom is 0.339 e. The van der Waals surface area contributed by atoms with Crippen molar-refractivity contribution in [3.05, 3.63) is 101 Å². The Balaban J connectivity index is 0.00000342. The molecule has 1 heterocycles. The fourth-order valence-corrected chi connectivity index (χ4v) is 3.52. The number of aromatic nitrogens is 2. The summed E-state index contributed by atoms with van der Waals surface area (Å²) in [5, 5.41) is 10.1. The van der Waals surface area contributed by atoms with Crippen LogP contribution in [-0.2, 0) is 0 Å². The zero-order valence-corrected chi connectivity index (χ0v) is 21.7. The summed E-state index contributed by atoms with van der Waals surface area (Å²) >= 11 is 6.13. The topological polar surface area (TPSA) is 40.0 Å². The molecule has 0 unspecified atom stereocenters. The Labute approximate surface area is 217 Å². The Morgan fingerprint density at radius 3 is 1.77 bits per heavy atom. The van der Waals surface area contributed by atoms with Gasteiger partial charge in [-0.05, 0) is 59.7 Å². The largest absolute Gasteiger partial charge is 1.00 e. The van der Waals surface area contributed by atoms with Crippen molar-refractivity contribution < 1.29 is 17.1 Å². The van der Waals surface area contributed by atoms with Gasteiger partial charge < -0.3 is 22.2 Å². The molecular weight excluding hydrogens is 479 g/mol. The first-order valence-corrected chi connectivity index (χ1v) is 11.3. The van der Waals surface area contributed by atoms with Crippen molar-refractivity contribution in [2.75, 3.05) is 38.0 Å². The Morgan fingerprint density at radius 1 is 0.743 bits per heavy atom. The van der Waals surface area contributed by atoms with Gasteiger partial charge in [-0.3, -0.25) is 0 Å². The highest BCUT2D eigenvalue weighted by molar-refractivity contribution is 6.30. The third-order valence-corrected chi connectivity index (χ3v) is 5.62. The Morgan fingerprint density at radius 2 is 1.26 bits per heavy atom. The van der Waals surface area contributed by atoms with Crippen LogP contribution in [0, 0.1) is 0 Å². The molecule has 0 spiro atoms. The van der Waals surface area contributed by atoms with E-state index in [0.29, 0.717) is 5.02 Å². The number of halogens is 2. The first-order chi connectivity index (χ1) is 16.4. The minimum atomic E-state index is 0. The average molecular weight is 507 g/mol. The Hall–Kier alpha value is -3.61. The lowest BCUT2D eigenvalue weighted by molar-refractivity contribution is -0.666. The second kappa shape index (κ2) is 11.7. The lowest BCUT2D eigenvalue weighted by atomic mass is 10.2. The highest BCUT2D eigenvalue weighted by atomic mass is 35.5. The van der Waals surface area contributed by atoms with E-state index in [1.807, 2.05) is 111 Å². The first kappa shape index (κ1) is 26.0. The number of hydrogen-bond acceptors (Lipinski definition) is 4. The molecule has 0 fully saturated rings. The summed E-state index contributed by atoms with van der Waals surface area (Å²) in [5.74, 6) is 0.819. The molecule has 0 aliphatic heterocycles. The monoisotopic (exact) mass is 506 g/mol. The highest BCUT2D eigenvalue weighted by Gasteiger charge is 2.19. The van der Waals surface area contributed by atoms with Crippen LogP contribution < -0.4 is 26.9 Å².